The Hall–Kier alpha value is -2.21. The Labute approximate surface area is 116 Å². The Morgan fingerprint density at radius 1 is 1.50 bits per heavy atom. The van der Waals surface area contributed by atoms with Gasteiger partial charge in [0.2, 0.25) is 0 Å². The van der Waals surface area contributed by atoms with Crippen LogP contribution in [0.2, 0.25) is 0 Å². The number of carboxylic acids is 1. The summed E-state index contributed by atoms with van der Waals surface area (Å²) >= 11 is 0. The number of rotatable bonds is 3. The van der Waals surface area contributed by atoms with E-state index in [0.29, 0.717) is 6.54 Å². The van der Waals surface area contributed by atoms with E-state index in [-0.39, 0.29) is 6.54 Å². The highest BCUT2D eigenvalue weighted by molar-refractivity contribution is 5.69. The molecule has 1 aliphatic heterocycles. The first-order valence-corrected chi connectivity index (χ1v) is 6.56. The standard InChI is InChI=1S/C14H16N4O2/c1-10-6-12(2-4-15-10)18-8-11-7-17(9-14(19)20)5-3-13(11)16-18/h2,4,6,8H,3,5,7,9H2,1H3,(H,19,20). The third-order valence-corrected chi connectivity index (χ3v) is 3.44. The van der Waals surface area contributed by atoms with Crippen molar-refractivity contribution in [3.63, 3.8) is 0 Å². The van der Waals surface area contributed by atoms with Gasteiger partial charge in [-0.2, -0.15) is 5.10 Å². The third kappa shape index (κ3) is 2.55. The van der Waals surface area contributed by atoms with E-state index >= 15 is 0 Å². The van der Waals surface area contributed by atoms with Gasteiger partial charge in [0.15, 0.2) is 0 Å². The zero-order chi connectivity index (χ0) is 14.1. The Kier molecular flexibility index (Phi) is 3.23. The van der Waals surface area contributed by atoms with Crippen LogP contribution in [0, 0.1) is 6.92 Å². The number of hydrogen-bond acceptors (Lipinski definition) is 4. The van der Waals surface area contributed by atoms with Crippen molar-refractivity contribution in [1.82, 2.24) is 19.7 Å². The molecule has 0 saturated carbocycles. The highest BCUT2D eigenvalue weighted by Gasteiger charge is 2.21. The zero-order valence-electron chi connectivity index (χ0n) is 11.3. The molecule has 0 saturated heterocycles. The predicted molar refractivity (Wildman–Crippen MR) is 72.7 cm³/mol. The summed E-state index contributed by atoms with van der Waals surface area (Å²) in [6.07, 6.45) is 4.54. The quantitative estimate of drug-likeness (QED) is 0.903. The Bertz CT molecular complexity index is 650. The van der Waals surface area contributed by atoms with Crippen LogP contribution in [0.25, 0.3) is 5.69 Å². The zero-order valence-corrected chi connectivity index (χ0v) is 11.3. The number of hydrogen-bond donors (Lipinski definition) is 1. The van der Waals surface area contributed by atoms with E-state index in [2.05, 4.69) is 10.1 Å². The van der Waals surface area contributed by atoms with E-state index in [9.17, 15) is 4.79 Å². The molecule has 0 amide bonds. The number of nitrogens with zero attached hydrogens (tertiary/aromatic N) is 4. The molecule has 104 valence electrons. The van der Waals surface area contributed by atoms with Gasteiger partial charge in [0, 0.05) is 43.2 Å². The molecule has 3 rings (SSSR count). The summed E-state index contributed by atoms with van der Waals surface area (Å²) in [5, 5.41) is 13.4. The normalized spacial score (nSPS) is 15.1. The van der Waals surface area contributed by atoms with Gasteiger partial charge in [-0.15, -0.1) is 0 Å². The minimum absolute atomic E-state index is 0.0823. The van der Waals surface area contributed by atoms with E-state index in [1.54, 1.807) is 6.20 Å². The van der Waals surface area contributed by atoms with Crippen molar-refractivity contribution < 1.29 is 9.90 Å². The fourth-order valence-electron chi connectivity index (χ4n) is 2.50. The molecule has 1 N–H and O–H groups in total. The lowest BCUT2D eigenvalue weighted by Crippen LogP contribution is -2.34. The fourth-order valence-corrected chi connectivity index (χ4v) is 2.50. The van der Waals surface area contributed by atoms with Crippen LogP contribution in [0.5, 0.6) is 0 Å². The van der Waals surface area contributed by atoms with Crippen molar-refractivity contribution in [3.05, 3.63) is 41.5 Å². The van der Waals surface area contributed by atoms with Crippen molar-refractivity contribution in [3.8, 4) is 5.69 Å². The number of aryl methyl sites for hydroxylation is 1. The SMILES string of the molecule is Cc1cc(-n2cc3c(n2)CCN(CC(=O)O)C3)ccn1. The minimum Gasteiger partial charge on any atom is -0.480 e. The molecule has 0 unspecified atom stereocenters. The van der Waals surface area contributed by atoms with Crippen LogP contribution in [0.15, 0.2) is 24.5 Å². The largest absolute Gasteiger partial charge is 0.480 e. The van der Waals surface area contributed by atoms with Gasteiger partial charge in [0.05, 0.1) is 17.9 Å². The average Bonchev–Trinajstić information content (AvgIpc) is 2.81. The summed E-state index contributed by atoms with van der Waals surface area (Å²) in [6, 6.07) is 3.90. The van der Waals surface area contributed by atoms with Crippen LogP contribution < -0.4 is 0 Å². The lowest BCUT2D eigenvalue weighted by molar-refractivity contribution is -0.138. The smallest absolute Gasteiger partial charge is 0.317 e. The lowest BCUT2D eigenvalue weighted by Gasteiger charge is -2.23. The third-order valence-electron chi connectivity index (χ3n) is 3.44. The van der Waals surface area contributed by atoms with Gasteiger partial charge < -0.3 is 5.11 Å². The molecular formula is C14H16N4O2. The molecule has 20 heavy (non-hydrogen) atoms. The van der Waals surface area contributed by atoms with Gasteiger partial charge in [0.1, 0.15) is 0 Å². The summed E-state index contributed by atoms with van der Waals surface area (Å²) in [5.41, 5.74) is 4.09. The number of pyridine rings is 1. The van der Waals surface area contributed by atoms with Gasteiger partial charge >= 0.3 is 5.97 Å². The predicted octanol–water partition coefficient (Wildman–Crippen LogP) is 1.02. The highest BCUT2D eigenvalue weighted by Crippen LogP contribution is 2.19. The van der Waals surface area contributed by atoms with Crippen molar-refractivity contribution in [2.24, 2.45) is 0 Å². The Balaban J connectivity index is 1.85. The van der Waals surface area contributed by atoms with Gasteiger partial charge in [-0.25, -0.2) is 4.68 Å². The van der Waals surface area contributed by atoms with Gasteiger partial charge in [-0.1, -0.05) is 0 Å². The topological polar surface area (TPSA) is 71.2 Å². The van der Waals surface area contributed by atoms with Gasteiger partial charge in [-0.05, 0) is 19.1 Å². The average molecular weight is 272 g/mol. The monoisotopic (exact) mass is 272 g/mol. The van der Waals surface area contributed by atoms with E-state index < -0.39 is 5.97 Å². The number of carboxylic acid groups (broad SMARTS) is 1. The number of carbonyl (C=O) groups is 1. The van der Waals surface area contributed by atoms with E-state index in [1.165, 1.54) is 0 Å². The number of fused-ring (bicyclic) bond motifs is 1. The van der Waals surface area contributed by atoms with Crippen LogP contribution in [0.4, 0.5) is 0 Å². The van der Waals surface area contributed by atoms with E-state index in [4.69, 9.17) is 5.11 Å². The molecule has 3 heterocycles. The molecule has 0 radical (unpaired) electrons. The molecule has 0 aliphatic carbocycles. The van der Waals surface area contributed by atoms with Crippen molar-refractivity contribution in [2.45, 2.75) is 19.9 Å². The second-order valence-electron chi connectivity index (χ2n) is 5.06. The van der Waals surface area contributed by atoms with E-state index in [1.807, 2.05) is 34.8 Å². The molecule has 1 aliphatic rings. The molecule has 6 heteroatoms. The molecular weight excluding hydrogens is 256 g/mol. The Morgan fingerprint density at radius 3 is 3.10 bits per heavy atom. The van der Waals surface area contributed by atoms with Gasteiger partial charge in [-0.3, -0.25) is 14.7 Å². The maximum atomic E-state index is 10.8. The molecule has 0 atom stereocenters. The molecule has 0 fully saturated rings. The van der Waals surface area contributed by atoms with Gasteiger partial charge in [0.25, 0.3) is 0 Å². The minimum atomic E-state index is -0.786. The summed E-state index contributed by atoms with van der Waals surface area (Å²) in [5.74, 6) is -0.786. The lowest BCUT2D eigenvalue weighted by atomic mass is 10.1. The first kappa shape index (κ1) is 12.8. The maximum Gasteiger partial charge on any atom is 0.317 e. The van der Waals surface area contributed by atoms with Crippen LogP contribution in [-0.2, 0) is 17.8 Å². The maximum absolute atomic E-state index is 10.8. The Morgan fingerprint density at radius 2 is 2.35 bits per heavy atom. The first-order valence-electron chi connectivity index (χ1n) is 6.56. The fraction of sp³-hybridized carbons (Fsp3) is 0.357. The second-order valence-corrected chi connectivity index (χ2v) is 5.06. The van der Waals surface area contributed by atoms with Crippen LogP contribution in [0.1, 0.15) is 17.0 Å². The van der Waals surface area contributed by atoms with E-state index in [0.717, 1.165) is 35.6 Å². The van der Waals surface area contributed by atoms with Crippen LogP contribution in [-0.4, -0.2) is 43.8 Å². The second kappa shape index (κ2) is 5.05. The molecule has 6 nitrogen and oxygen atoms in total. The summed E-state index contributed by atoms with van der Waals surface area (Å²) < 4.78 is 1.85. The van der Waals surface area contributed by atoms with Crippen LogP contribution >= 0.6 is 0 Å². The molecule has 0 spiro atoms. The molecule has 0 bridgehead atoms. The summed E-state index contributed by atoms with van der Waals surface area (Å²) in [7, 11) is 0. The van der Waals surface area contributed by atoms with Crippen molar-refractivity contribution in [2.75, 3.05) is 13.1 Å². The highest BCUT2D eigenvalue weighted by atomic mass is 16.4. The molecule has 2 aromatic heterocycles. The first-order chi connectivity index (χ1) is 9.61. The number of aliphatic carboxylic acids is 1. The summed E-state index contributed by atoms with van der Waals surface area (Å²) in [4.78, 5) is 16.9. The molecule has 2 aromatic rings. The summed E-state index contributed by atoms with van der Waals surface area (Å²) in [6.45, 7) is 3.41. The molecule has 0 aromatic carbocycles. The number of aromatic nitrogens is 3. The van der Waals surface area contributed by atoms with Crippen LogP contribution in [0.3, 0.4) is 0 Å². The van der Waals surface area contributed by atoms with Crippen molar-refractivity contribution in [1.29, 1.82) is 0 Å². The van der Waals surface area contributed by atoms with Crippen molar-refractivity contribution >= 4 is 5.97 Å².